The first-order valence-electron chi connectivity index (χ1n) is 6.74. The van der Waals surface area contributed by atoms with Gasteiger partial charge in [0, 0.05) is 26.7 Å². The summed E-state index contributed by atoms with van der Waals surface area (Å²) in [6.07, 6.45) is -3.87. The number of ether oxygens (including phenoxy) is 1. The van der Waals surface area contributed by atoms with Gasteiger partial charge in [-0.1, -0.05) is 12.1 Å². The van der Waals surface area contributed by atoms with E-state index in [1.807, 2.05) is 0 Å². The highest BCUT2D eigenvalue weighted by molar-refractivity contribution is 5.79. The molecular formula is C14H19F4N3O. The molecule has 1 rings (SSSR count). The normalized spacial score (nSPS) is 12.3. The van der Waals surface area contributed by atoms with Gasteiger partial charge >= 0.3 is 6.18 Å². The number of alkyl halides is 3. The number of rotatable bonds is 7. The van der Waals surface area contributed by atoms with Crippen LogP contribution in [0.1, 0.15) is 12.0 Å². The molecule has 0 aromatic heterocycles. The summed E-state index contributed by atoms with van der Waals surface area (Å²) in [6, 6.07) is 6.04. The van der Waals surface area contributed by atoms with Crippen LogP contribution in [0.4, 0.5) is 17.6 Å². The Labute approximate surface area is 126 Å². The average Bonchev–Trinajstić information content (AvgIpc) is 2.46. The van der Waals surface area contributed by atoms with Crippen molar-refractivity contribution in [1.29, 1.82) is 0 Å². The molecule has 1 aromatic rings. The van der Waals surface area contributed by atoms with Crippen LogP contribution in [0.3, 0.4) is 0 Å². The lowest BCUT2D eigenvalue weighted by Gasteiger charge is -2.12. The number of aliphatic imine (C=N–C) groups is 1. The minimum absolute atomic E-state index is 0.0153. The lowest BCUT2D eigenvalue weighted by molar-refractivity contribution is -0.173. The van der Waals surface area contributed by atoms with Crippen LogP contribution in [0.5, 0.6) is 0 Å². The maximum absolute atomic E-state index is 12.8. The topological polar surface area (TPSA) is 45.7 Å². The Hall–Kier alpha value is -1.83. The molecule has 0 amide bonds. The number of nitrogens with one attached hydrogen (secondary N) is 2. The molecule has 0 fully saturated rings. The third-order valence-corrected chi connectivity index (χ3v) is 2.62. The van der Waals surface area contributed by atoms with Crippen molar-refractivity contribution >= 4 is 5.96 Å². The summed E-state index contributed by atoms with van der Waals surface area (Å²) in [5.74, 6) is 0.213. The summed E-state index contributed by atoms with van der Waals surface area (Å²) in [5.41, 5.74) is 0.887. The van der Waals surface area contributed by atoms with Crippen LogP contribution in [0, 0.1) is 5.82 Å². The van der Waals surface area contributed by atoms with Gasteiger partial charge in [0.25, 0.3) is 0 Å². The number of benzene rings is 1. The van der Waals surface area contributed by atoms with Crippen molar-refractivity contribution in [2.45, 2.75) is 19.1 Å². The Kier molecular flexibility index (Phi) is 7.65. The summed E-state index contributed by atoms with van der Waals surface area (Å²) in [6.45, 7) is -0.322. The second-order valence-corrected chi connectivity index (χ2v) is 4.50. The van der Waals surface area contributed by atoms with Crippen LogP contribution in [0.2, 0.25) is 0 Å². The second-order valence-electron chi connectivity index (χ2n) is 4.50. The van der Waals surface area contributed by atoms with Gasteiger partial charge in [-0.3, -0.25) is 4.99 Å². The van der Waals surface area contributed by atoms with Crippen molar-refractivity contribution in [3.8, 4) is 0 Å². The van der Waals surface area contributed by atoms with Crippen molar-refractivity contribution in [2.24, 2.45) is 4.99 Å². The largest absolute Gasteiger partial charge is 0.411 e. The van der Waals surface area contributed by atoms with Gasteiger partial charge in [0.05, 0.1) is 0 Å². The van der Waals surface area contributed by atoms with Crippen LogP contribution >= 0.6 is 0 Å². The molecule has 0 heterocycles. The Morgan fingerprint density at radius 3 is 2.45 bits per heavy atom. The SMILES string of the molecule is CN=C(NCCCOCC(F)(F)F)NCc1ccc(F)cc1. The van der Waals surface area contributed by atoms with Gasteiger partial charge in [-0.15, -0.1) is 0 Å². The molecule has 0 aliphatic heterocycles. The lowest BCUT2D eigenvalue weighted by Crippen LogP contribution is -2.37. The molecule has 0 spiro atoms. The number of hydrogen-bond donors (Lipinski definition) is 2. The number of nitrogens with zero attached hydrogens (tertiary/aromatic N) is 1. The molecule has 0 bridgehead atoms. The molecule has 0 aliphatic rings. The molecule has 0 unspecified atom stereocenters. The summed E-state index contributed by atoms with van der Waals surface area (Å²) < 4.78 is 52.8. The summed E-state index contributed by atoms with van der Waals surface area (Å²) in [7, 11) is 1.58. The van der Waals surface area contributed by atoms with Crippen molar-refractivity contribution in [3.05, 3.63) is 35.6 Å². The van der Waals surface area contributed by atoms with Gasteiger partial charge in [-0.05, 0) is 24.1 Å². The molecule has 8 heteroatoms. The molecule has 22 heavy (non-hydrogen) atoms. The molecule has 0 aliphatic carbocycles. The maximum Gasteiger partial charge on any atom is 0.411 e. The monoisotopic (exact) mass is 321 g/mol. The number of guanidine groups is 1. The van der Waals surface area contributed by atoms with E-state index in [1.165, 1.54) is 12.1 Å². The average molecular weight is 321 g/mol. The standard InChI is InChI=1S/C14H19F4N3O/c1-19-13(20-7-2-8-22-10-14(16,17)18)21-9-11-3-5-12(15)6-4-11/h3-6H,2,7-10H2,1H3,(H2,19,20,21). The molecule has 2 N–H and O–H groups in total. The first-order valence-corrected chi connectivity index (χ1v) is 6.74. The number of halogens is 4. The summed E-state index contributed by atoms with van der Waals surface area (Å²) in [4.78, 5) is 3.98. The Morgan fingerprint density at radius 1 is 1.18 bits per heavy atom. The Bertz CT molecular complexity index is 460. The van der Waals surface area contributed by atoms with Crippen LogP contribution in [0.15, 0.2) is 29.3 Å². The molecule has 124 valence electrons. The van der Waals surface area contributed by atoms with Crippen molar-refractivity contribution < 1.29 is 22.3 Å². The van der Waals surface area contributed by atoms with Gasteiger partial charge < -0.3 is 15.4 Å². The predicted octanol–water partition coefficient (Wildman–Crippen LogP) is 2.46. The van der Waals surface area contributed by atoms with Gasteiger partial charge in [-0.25, -0.2) is 4.39 Å². The maximum atomic E-state index is 12.8. The second kappa shape index (κ2) is 9.24. The molecular weight excluding hydrogens is 302 g/mol. The van der Waals surface area contributed by atoms with Gasteiger partial charge in [-0.2, -0.15) is 13.2 Å². The van der Waals surface area contributed by atoms with E-state index in [0.717, 1.165) is 5.56 Å². The molecule has 0 atom stereocenters. The van der Waals surface area contributed by atoms with E-state index < -0.39 is 12.8 Å². The quantitative estimate of drug-likeness (QED) is 0.351. The summed E-state index contributed by atoms with van der Waals surface area (Å²) >= 11 is 0. The molecule has 0 radical (unpaired) electrons. The lowest BCUT2D eigenvalue weighted by atomic mass is 10.2. The Morgan fingerprint density at radius 2 is 1.86 bits per heavy atom. The van der Waals surface area contributed by atoms with Gasteiger partial charge in [0.2, 0.25) is 0 Å². The highest BCUT2D eigenvalue weighted by Gasteiger charge is 2.27. The van der Waals surface area contributed by atoms with E-state index in [0.29, 0.717) is 25.5 Å². The first-order chi connectivity index (χ1) is 10.4. The molecule has 0 saturated carbocycles. The van der Waals surface area contributed by atoms with E-state index in [1.54, 1.807) is 19.2 Å². The number of hydrogen-bond acceptors (Lipinski definition) is 2. The minimum Gasteiger partial charge on any atom is -0.372 e. The molecule has 4 nitrogen and oxygen atoms in total. The fourth-order valence-electron chi connectivity index (χ4n) is 1.58. The third kappa shape index (κ3) is 8.46. The van der Waals surface area contributed by atoms with E-state index in [2.05, 4.69) is 20.4 Å². The van der Waals surface area contributed by atoms with Crippen LogP contribution in [-0.4, -0.2) is 38.9 Å². The van der Waals surface area contributed by atoms with E-state index in [4.69, 9.17) is 0 Å². The van der Waals surface area contributed by atoms with E-state index in [-0.39, 0.29) is 12.4 Å². The van der Waals surface area contributed by atoms with Crippen molar-refractivity contribution in [2.75, 3.05) is 26.8 Å². The zero-order chi connectivity index (χ0) is 16.4. The highest BCUT2D eigenvalue weighted by Crippen LogP contribution is 2.14. The van der Waals surface area contributed by atoms with E-state index in [9.17, 15) is 17.6 Å². The Balaban J connectivity index is 2.16. The van der Waals surface area contributed by atoms with Crippen LogP contribution in [0.25, 0.3) is 0 Å². The fraction of sp³-hybridized carbons (Fsp3) is 0.500. The van der Waals surface area contributed by atoms with Crippen LogP contribution in [-0.2, 0) is 11.3 Å². The third-order valence-electron chi connectivity index (χ3n) is 2.62. The van der Waals surface area contributed by atoms with Crippen molar-refractivity contribution in [3.63, 3.8) is 0 Å². The first kappa shape index (κ1) is 18.2. The fourth-order valence-corrected chi connectivity index (χ4v) is 1.58. The zero-order valence-corrected chi connectivity index (χ0v) is 12.2. The zero-order valence-electron chi connectivity index (χ0n) is 12.2. The van der Waals surface area contributed by atoms with Gasteiger partial charge in [0.15, 0.2) is 5.96 Å². The van der Waals surface area contributed by atoms with Crippen molar-refractivity contribution in [1.82, 2.24) is 10.6 Å². The predicted molar refractivity (Wildman–Crippen MR) is 76.1 cm³/mol. The smallest absolute Gasteiger partial charge is 0.372 e. The molecule has 0 saturated heterocycles. The summed E-state index contributed by atoms with van der Waals surface area (Å²) in [5, 5.41) is 5.97. The minimum atomic E-state index is -4.29. The highest BCUT2D eigenvalue weighted by atomic mass is 19.4. The molecule has 1 aromatic carbocycles. The van der Waals surface area contributed by atoms with Gasteiger partial charge in [0.1, 0.15) is 12.4 Å². The van der Waals surface area contributed by atoms with E-state index >= 15 is 0 Å². The van der Waals surface area contributed by atoms with Crippen LogP contribution < -0.4 is 10.6 Å².